The molecular weight excluding hydrogens is 314 g/mol. The van der Waals surface area contributed by atoms with Gasteiger partial charge in [-0.3, -0.25) is 0 Å². The number of rotatable bonds is 5. The van der Waals surface area contributed by atoms with Crippen molar-refractivity contribution in [2.75, 3.05) is 26.0 Å². The minimum absolute atomic E-state index is 0.321. The van der Waals surface area contributed by atoms with Gasteiger partial charge in [-0.05, 0) is 54.6 Å². The molecule has 0 saturated heterocycles. The third-order valence-corrected chi connectivity index (χ3v) is 4.14. The molecule has 1 aromatic heterocycles. The number of benzene rings is 1. The number of pyridine rings is 1. The normalized spacial score (nSPS) is 12.4. The summed E-state index contributed by atoms with van der Waals surface area (Å²) in [6.45, 7) is 2.82. The maximum atomic E-state index is 4.52. The van der Waals surface area contributed by atoms with Crippen LogP contribution in [-0.2, 0) is 0 Å². The molecule has 1 aromatic carbocycles. The maximum absolute atomic E-state index is 4.52. The first kappa shape index (κ1) is 15.0. The van der Waals surface area contributed by atoms with Crippen molar-refractivity contribution >= 4 is 21.7 Å². The van der Waals surface area contributed by atoms with Crippen LogP contribution in [0.5, 0.6) is 0 Å². The highest BCUT2D eigenvalue weighted by Crippen LogP contribution is 2.20. The number of aromatic nitrogens is 1. The summed E-state index contributed by atoms with van der Waals surface area (Å²) >= 11 is 3.47. The summed E-state index contributed by atoms with van der Waals surface area (Å²) in [4.78, 5) is 6.74. The van der Waals surface area contributed by atoms with E-state index in [1.54, 1.807) is 0 Å². The van der Waals surface area contributed by atoms with Crippen molar-refractivity contribution in [2.24, 2.45) is 0 Å². The third kappa shape index (κ3) is 3.81. The highest BCUT2D eigenvalue weighted by molar-refractivity contribution is 9.10. The molecule has 0 amide bonds. The summed E-state index contributed by atoms with van der Waals surface area (Å²) in [6.07, 6.45) is 0. The van der Waals surface area contributed by atoms with Gasteiger partial charge in [0.25, 0.3) is 0 Å². The number of nitrogens with one attached hydrogen (secondary N) is 1. The minimum atomic E-state index is 0.321. The number of hydrogen-bond donors (Lipinski definition) is 1. The van der Waals surface area contributed by atoms with Crippen LogP contribution >= 0.6 is 15.9 Å². The fourth-order valence-corrected chi connectivity index (χ4v) is 2.34. The molecule has 0 saturated carbocycles. The smallest absolute Gasteiger partial charge is 0.126 e. The zero-order chi connectivity index (χ0) is 14.5. The van der Waals surface area contributed by atoms with E-state index in [1.807, 2.05) is 25.1 Å². The first-order chi connectivity index (χ1) is 9.58. The van der Waals surface area contributed by atoms with Crippen LogP contribution in [0, 0.1) is 6.92 Å². The SMILES string of the molecule is Cc1nc(NC[C@H](c2ccccc2)N(C)C)ccc1Br. The molecular formula is C16H20BrN3. The van der Waals surface area contributed by atoms with Crippen molar-refractivity contribution in [3.8, 4) is 0 Å². The number of anilines is 1. The van der Waals surface area contributed by atoms with Crippen LogP contribution in [0.1, 0.15) is 17.3 Å². The molecule has 0 radical (unpaired) electrons. The maximum Gasteiger partial charge on any atom is 0.126 e. The topological polar surface area (TPSA) is 28.2 Å². The molecule has 2 aromatic rings. The Labute approximate surface area is 129 Å². The van der Waals surface area contributed by atoms with E-state index in [-0.39, 0.29) is 0 Å². The average molecular weight is 334 g/mol. The number of hydrogen-bond acceptors (Lipinski definition) is 3. The first-order valence-corrected chi connectivity index (χ1v) is 7.45. The van der Waals surface area contributed by atoms with Gasteiger partial charge < -0.3 is 10.2 Å². The lowest BCUT2D eigenvalue weighted by atomic mass is 10.1. The van der Waals surface area contributed by atoms with E-state index < -0.39 is 0 Å². The lowest BCUT2D eigenvalue weighted by Gasteiger charge is -2.25. The monoisotopic (exact) mass is 333 g/mol. The van der Waals surface area contributed by atoms with E-state index in [4.69, 9.17) is 0 Å². The van der Waals surface area contributed by atoms with Gasteiger partial charge >= 0.3 is 0 Å². The van der Waals surface area contributed by atoms with Gasteiger partial charge in [-0.1, -0.05) is 30.3 Å². The second kappa shape index (κ2) is 6.86. The van der Waals surface area contributed by atoms with Gasteiger partial charge in [0.05, 0.1) is 11.7 Å². The molecule has 0 fully saturated rings. The molecule has 0 unspecified atom stereocenters. The fraction of sp³-hybridized carbons (Fsp3) is 0.312. The lowest BCUT2D eigenvalue weighted by Crippen LogP contribution is -2.27. The van der Waals surface area contributed by atoms with Crippen molar-refractivity contribution in [3.63, 3.8) is 0 Å². The Bertz CT molecular complexity index is 555. The number of nitrogens with zero attached hydrogens (tertiary/aromatic N) is 2. The van der Waals surface area contributed by atoms with Gasteiger partial charge in [0.15, 0.2) is 0 Å². The Balaban J connectivity index is 2.08. The molecule has 1 heterocycles. The number of halogens is 1. The molecule has 20 heavy (non-hydrogen) atoms. The summed E-state index contributed by atoms with van der Waals surface area (Å²) in [5, 5.41) is 3.42. The summed E-state index contributed by atoms with van der Waals surface area (Å²) in [5.74, 6) is 0.911. The molecule has 4 heteroatoms. The molecule has 0 aliphatic rings. The van der Waals surface area contributed by atoms with Crippen LogP contribution in [-0.4, -0.2) is 30.5 Å². The molecule has 1 N–H and O–H groups in total. The highest BCUT2D eigenvalue weighted by atomic mass is 79.9. The molecule has 106 valence electrons. The van der Waals surface area contributed by atoms with Gasteiger partial charge in [-0.15, -0.1) is 0 Å². The van der Waals surface area contributed by atoms with Crippen LogP contribution in [0.4, 0.5) is 5.82 Å². The highest BCUT2D eigenvalue weighted by Gasteiger charge is 2.13. The van der Waals surface area contributed by atoms with Crippen LogP contribution in [0.2, 0.25) is 0 Å². The zero-order valence-corrected chi connectivity index (χ0v) is 13.7. The second-order valence-electron chi connectivity index (χ2n) is 5.03. The Kier molecular flexibility index (Phi) is 5.15. The Morgan fingerprint density at radius 3 is 2.45 bits per heavy atom. The van der Waals surface area contributed by atoms with Crippen LogP contribution in [0.15, 0.2) is 46.9 Å². The largest absolute Gasteiger partial charge is 0.368 e. The fourth-order valence-electron chi connectivity index (χ4n) is 2.12. The molecule has 1 atom stereocenters. The number of aryl methyl sites for hydroxylation is 1. The molecule has 0 aliphatic carbocycles. The predicted octanol–water partition coefficient (Wildman–Crippen LogP) is 3.87. The molecule has 3 nitrogen and oxygen atoms in total. The lowest BCUT2D eigenvalue weighted by molar-refractivity contribution is 0.311. The second-order valence-corrected chi connectivity index (χ2v) is 5.89. The van der Waals surface area contributed by atoms with Gasteiger partial charge in [-0.25, -0.2) is 4.98 Å². The van der Waals surface area contributed by atoms with Gasteiger partial charge in [-0.2, -0.15) is 0 Å². The van der Waals surface area contributed by atoms with Crippen molar-refractivity contribution in [1.29, 1.82) is 0 Å². The average Bonchev–Trinajstić information content (AvgIpc) is 2.44. The van der Waals surface area contributed by atoms with E-state index in [0.29, 0.717) is 6.04 Å². The number of likely N-dealkylation sites (N-methyl/N-ethyl adjacent to an activating group) is 1. The summed E-state index contributed by atoms with van der Waals surface area (Å²) < 4.78 is 1.04. The molecule has 0 spiro atoms. The predicted molar refractivity (Wildman–Crippen MR) is 88.0 cm³/mol. The minimum Gasteiger partial charge on any atom is -0.368 e. The Morgan fingerprint density at radius 2 is 1.85 bits per heavy atom. The van der Waals surface area contributed by atoms with E-state index in [2.05, 4.69) is 69.5 Å². The van der Waals surface area contributed by atoms with Crippen LogP contribution in [0.25, 0.3) is 0 Å². The molecule has 0 bridgehead atoms. The van der Waals surface area contributed by atoms with Crippen molar-refractivity contribution in [1.82, 2.24) is 9.88 Å². The van der Waals surface area contributed by atoms with E-state index in [9.17, 15) is 0 Å². The van der Waals surface area contributed by atoms with Gasteiger partial charge in [0.1, 0.15) is 5.82 Å². The van der Waals surface area contributed by atoms with E-state index >= 15 is 0 Å². The summed E-state index contributed by atoms with van der Waals surface area (Å²) in [7, 11) is 4.19. The van der Waals surface area contributed by atoms with E-state index in [0.717, 1.165) is 22.5 Å². The quantitative estimate of drug-likeness (QED) is 0.900. The van der Waals surface area contributed by atoms with Gasteiger partial charge in [0, 0.05) is 11.0 Å². The summed E-state index contributed by atoms with van der Waals surface area (Å²) in [6, 6.07) is 14.9. The third-order valence-electron chi connectivity index (χ3n) is 3.31. The van der Waals surface area contributed by atoms with Crippen molar-refractivity contribution in [2.45, 2.75) is 13.0 Å². The van der Waals surface area contributed by atoms with Crippen molar-refractivity contribution in [3.05, 3.63) is 58.2 Å². The van der Waals surface area contributed by atoms with Crippen LogP contribution in [0.3, 0.4) is 0 Å². The Hall–Kier alpha value is -1.39. The standard InChI is InChI=1S/C16H20BrN3/c1-12-14(17)9-10-16(19-12)18-11-15(20(2)3)13-7-5-4-6-8-13/h4-10,15H,11H2,1-3H3,(H,18,19)/t15-/m1/s1. The van der Waals surface area contributed by atoms with Crippen molar-refractivity contribution < 1.29 is 0 Å². The van der Waals surface area contributed by atoms with Crippen LogP contribution < -0.4 is 5.32 Å². The van der Waals surface area contributed by atoms with Gasteiger partial charge in [0.2, 0.25) is 0 Å². The summed E-state index contributed by atoms with van der Waals surface area (Å²) in [5.41, 5.74) is 2.30. The first-order valence-electron chi connectivity index (χ1n) is 6.66. The van der Waals surface area contributed by atoms with E-state index in [1.165, 1.54) is 5.56 Å². The molecule has 0 aliphatic heterocycles. The molecule has 2 rings (SSSR count). The zero-order valence-electron chi connectivity index (χ0n) is 12.1. The Morgan fingerprint density at radius 1 is 1.15 bits per heavy atom.